The van der Waals surface area contributed by atoms with Crippen LogP contribution in [0.15, 0.2) is 59.6 Å². The lowest BCUT2D eigenvalue weighted by atomic mass is 10.00. The van der Waals surface area contributed by atoms with Crippen LogP contribution in [0, 0.1) is 18.8 Å². The maximum absolute atomic E-state index is 12.7. The van der Waals surface area contributed by atoms with Gasteiger partial charge in [0, 0.05) is 18.8 Å². The van der Waals surface area contributed by atoms with Crippen molar-refractivity contribution in [3.8, 4) is 34.5 Å². The molecule has 3 aromatic rings. The summed E-state index contributed by atoms with van der Waals surface area (Å²) in [5.41, 5.74) is 2.32. The van der Waals surface area contributed by atoms with E-state index in [-0.39, 0.29) is 11.9 Å². The van der Waals surface area contributed by atoms with Gasteiger partial charge in [0.15, 0.2) is 11.5 Å². The molecule has 0 aliphatic carbocycles. The van der Waals surface area contributed by atoms with Gasteiger partial charge in [0.1, 0.15) is 23.0 Å². The molecule has 5 rings (SSSR count). The van der Waals surface area contributed by atoms with Gasteiger partial charge in [-0.1, -0.05) is 27.7 Å². The zero-order valence-corrected chi connectivity index (χ0v) is 27.8. The number of benzene rings is 3. The number of aliphatic imine (C=N–C) groups is 1. The Labute approximate surface area is 268 Å². The van der Waals surface area contributed by atoms with Crippen molar-refractivity contribution >= 4 is 17.8 Å². The first kappa shape index (κ1) is 33.7. The summed E-state index contributed by atoms with van der Waals surface area (Å²) >= 11 is 0. The second kappa shape index (κ2) is 16.2. The maximum Gasteiger partial charge on any atom is 0.256 e. The highest BCUT2D eigenvalue weighted by Crippen LogP contribution is 2.38. The van der Waals surface area contributed by atoms with E-state index in [2.05, 4.69) is 25.8 Å². The van der Waals surface area contributed by atoms with Gasteiger partial charge in [0.2, 0.25) is 0 Å². The van der Waals surface area contributed by atoms with Gasteiger partial charge >= 0.3 is 0 Å². The van der Waals surface area contributed by atoms with Crippen molar-refractivity contribution in [2.75, 3.05) is 34.0 Å². The van der Waals surface area contributed by atoms with Crippen molar-refractivity contribution in [3.05, 3.63) is 65.7 Å². The number of nitrogens with zero attached hydrogens (tertiary/aromatic N) is 2. The van der Waals surface area contributed by atoms with E-state index in [1.165, 1.54) is 6.42 Å². The number of hydrogen-bond donors (Lipinski definition) is 0. The van der Waals surface area contributed by atoms with E-state index >= 15 is 0 Å². The summed E-state index contributed by atoms with van der Waals surface area (Å²) in [6.45, 7) is 12.9. The molecule has 242 valence electrons. The monoisotopic (exact) mass is 616 g/mol. The molecule has 0 saturated carbocycles. The fourth-order valence-electron chi connectivity index (χ4n) is 5.54. The summed E-state index contributed by atoms with van der Waals surface area (Å²) < 4.78 is 28.1. The van der Waals surface area contributed by atoms with Gasteiger partial charge in [-0.05, 0) is 98.5 Å². The number of ether oxygens (including phenoxy) is 5. The van der Waals surface area contributed by atoms with Gasteiger partial charge in [0.05, 0.1) is 44.7 Å². The maximum atomic E-state index is 12.7. The van der Waals surface area contributed by atoms with E-state index in [9.17, 15) is 4.79 Å². The van der Waals surface area contributed by atoms with Gasteiger partial charge in [-0.25, -0.2) is 0 Å². The van der Waals surface area contributed by atoms with Crippen LogP contribution in [0.3, 0.4) is 0 Å². The van der Waals surface area contributed by atoms with Crippen molar-refractivity contribution in [2.24, 2.45) is 16.8 Å². The number of aryl methyl sites for hydroxylation is 1. The summed E-state index contributed by atoms with van der Waals surface area (Å²) in [5, 5.41) is 0. The second-order valence-electron chi connectivity index (χ2n) is 12.1. The second-order valence-corrected chi connectivity index (χ2v) is 12.1. The third-order valence-corrected chi connectivity index (χ3v) is 7.76. The average Bonchev–Trinajstić information content (AvgIpc) is 3.47. The van der Waals surface area contributed by atoms with Gasteiger partial charge in [-0.3, -0.25) is 9.79 Å². The SMILES string of the molecule is CCCOc1cc2c(cc1OC)C(=O)N1CCCC1C=N2.COc1ccc(Oc2ccc(OCC(C)CC(C)C)cc2C)cc1. The predicted molar refractivity (Wildman–Crippen MR) is 179 cm³/mol. The average molecular weight is 617 g/mol. The molecule has 45 heavy (non-hydrogen) atoms. The molecule has 2 aliphatic rings. The number of amides is 1. The highest BCUT2D eigenvalue weighted by atomic mass is 16.5. The number of hydrogen-bond acceptors (Lipinski definition) is 7. The third kappa shape index (κ3) is 9.16. The smallest absolute Gasteiger partial charge is 0.256 e. The first-order valence-corrected chi connectivity index (χ1v) is 16.0. The normalized spacial score (nSPS) is 15.8. The molecule has 8 heteroatoms. The fourth-order valence-corrected chi connectivity index (χ4v) is 5.54. The van der Waals surface area contributed by atoms with Crippen molar-refractivity contribution in [2.45, 2.75) is 66.3 Å². The summed E-state index contributed by atoms with van der Waals surface area (Å²) in [5.74, 6) is 5.86. The number of carbonyl (C=O) groups excluding carboxylic acids is 1. The molecule has 1 fully saturated rings. The molecule has 2 heterocycles. The van der Waals surface area contributed by atoms with E-state index in [1.807, 2.05) is 67.4 Å². The molecule has 1 saturated heterocycles. The van der Waals surface area contributed by atoms with Crippen molar-refractivity contribution in [1.82, 2.24) is 4.90 Å². The number of carbonyl (C=O) groups is 1. The molecule has 3 aromatic carbocycles. The molecule has 0 N–H and O–H groups in total. The molecule has 0 bridgehead atoms. The summed E-state index contributed by atoms with van der Waals surface area (Å²) in [4.78, 5) is 19.1. The molecule has 0 aromatic heterocycles. The highest BCUT2D eigenvalue weighted by molar-refractivity contribution is 6.03. The number of rotatable bonds is 12. The third-order valence-electron chi connectivity index (χ3n) is 7.76. The topological polar surface area (TPSA) is 78.8 Å². The van der Waals surface area contributed by atoms with E-state index in [0.29, 0.717) is 41.2 Å². The zero-order chi connectivity index (χ0) is 32.3. The lowest BCUT2D eigenvalue weighted by Gasteiger charge is -2.20. The van der Waals surface area contributed by atoms with Crippen LogP contribution < -0.4 is 23.7 Å². The van der Waals surface area contributed by atoms with E-state index in [1.54, 1.807) is 26.4 Å². The molecule has 0 radical (unpaired) electrons. The minimum atomic E-state index is 0.0327. The molecule has 2 atom stereocenters. The quantitative estimate of drug-likeness (QED) is 0.203. The van der Waals surface area contributed by atoms with Gasteiger partial charge in [-0.15, -0.1) is 0 Å². The molecule has 8 nitrogen and oxygen atoms in total. The number of methoxy groups -OCH3 is 2. The van der Waals surface area contributed by atoms with Crippen LogP contribution in [-0.2, 0) is 0 Å². The zero-order valence-electron chi connectivity index (χ0n) is 27.8. The highest BCUT2D eigenvalue weighted by Gasteiger charge is 2.32. The molecule has 0 spiro atoms. The lowest BCUT2D eigenvalue weighted by molar-refractivity contribution is 0.0774. The largest absolute Gasteiger partial charge is 0.497 e. The first-order chi connectivity index (χ1) is 21.7. The summed E-state index contributed by atoms with van der Waals surface area (Å²) in [7, 11) is 3.24. The summed E-state index contributed by atoms with van der Waals surface area (Å²) in [6.07, 6.45) is 5.99. The van der Waals surface area contributed by atoms with E-state index < -0.39 is 0 Å². The number of fused-ring (bicyclic) bond motifs is 2. The van der Waals surface area contributed by atoms with Crippen LogP contribution in [0.5, 0.6) is 34.5 Å². The van der Waals surface area contributed by atoms with E-state index in [4.69, 9.17) is 23.7 Å². The minimum absolute atomic E-state index is 0.0327. The van der Waals surface area contributed by atoms with Gasteiger partial charge in [0.25, 0.3) is 5.91 Å². The van der Waals surface area contributed by atoms with Crippen molar-refractivity contribution in [1.29, 1.82) is 0 Å². The Morgan fingerprint density at radius 2 is 1.62 bits per heavy atom. The van der Waals surface area contributed by atoms with E-state index in [0.717, 1.165) is 61.0 Å². The first-order valence-electron chi connectivity index (χ1n) is 16.0. The van der Waals surface area contributed by atoms with Crippen LogP contribution >= 0.6 is 0 Å². The Balaban J connectivity index is 0.000000206. The lowest BCUT2D eigenvalue weighted by Crippen LogP contribution is -2.35. The molecule has 1 amide bonds. The van der Waals surface area contributed by atoms with Crippen LogP contribution in [0.4, 0.5) is 5.69 Å². The molecular formula is C37H48N2O6. The Morgan fingerprint density at radius 3 is 2.29 bits per heavy atom. The molecule has 2 aliphatic heterocycles. The van der Waals surface area contributed by atoms with Crippen LogP contribution in [-0.4, -0.2) is 57.0 Å². The van der Waals surface area contributed by atoms with Crippen molar-refractivity contribution in [3.63, 3.8) is 0 Å². The van der Waals surface area contributed by atoms with Crippen LogP contribution in [0.25, 0.3) is 0 Å². The molecular weight excluding hydrogens is 568 g/mol. The minimum Gasteiger partial charge on any atom is -0.497 e. The Morgan fingerprint density at radius 1 is 0.889 bits per heavy atom. The van der Waals surface area contributed by atoms with Crippen LogP contribution in [0.1, 0.15) is 69.3 Å². The predicted octanol–water partition coefficient (Wildman–Crippen LogP) is 8.66. The Hall–Kier alpha value is -4.20. The van der Waals surface area contributed by atoms with Gasteiger partial charge < -0.3 is 28.6 Å². The van der Waals surface area contributed by atoms with Crippen molar-refractivity contribution < 1.29 is 28.5 Å². The van der Waals surface area contributed by atoms with Crippen LogP contribution in [0.2, 0.25) is 0 Å². The standard InChI is InChI=1S/C21H28O3.C16H20N2O3/c1-15(2)12-16(3)14-23-20-10-11-21(17(4)13-20)24-19-8-6-18(22-5)7-9-19;1-3-7-21-15-9-13-12(8-14(15)20-2)16(19)18-6-4-5-11(18)10-17-13/h6-11,13,15-16H,12,14H2,1-5H3;8-11H,3-7H2,1-2H3. The Bertz CT molecular complexity index is 1440. The van der Waals surface area contributed by atoms with Gasteiger partial charge in [-0.2, -0.15) is 0 Å². The fraction of sp³-hybridized carbons (Fsp3) is 0.459. The Kier molecular flexibility index (Phi) is 12.1. The molecule has 2 unspecified atom stereocenters. The summed E-state index contributed by atoms with van der Waals surface area (Å²) in [6, 6.07) is 17.2.